The summed E-state index contributed by atoms with van der Waals surface area (Å²) >= 11 is 0. The number of alkyl halides is 3. The molecule has 0 aliphatic carbocycles. The molecule has 0 aromatic rings. The number of rotatable bonds is 3. The number of hydrogen-bond donors (Lipinski definition) is 1. The lowest BCUT2D eigenvalue weighted by Crippen LogP contribution is -2.37. The van der Waals surface area contributed by atoms with Crippen LogP contribution < -0.4 is 5.32 Å². The minimum absolute atomic E-state index is 0.0227. The van der Waals surface area contributed by atoms with Gasteiger partial charge in [0.15, 0.2) is 0 Å². The Morgan fingerprint density at radius 2 is 2.21 bits per heavy atom. The maximum Gasteiger partial charge on any atom is 0.522 e. The standard InChI is InChI=1S/C8H12F3NO2/c9-8(10,11)14-4-2-6-5-12-3-1-7(6)13/h6,12H,1-5H2. The Bertz CT molecular complexity index is 205. The van der Waals surface area contributed by atoms with Crippen LogP contribution in [0.15, 0.2) is 0 Å². The highest BCUT2D eigenvalue weighted by atomic mass is 19.4. The van der Waals surface area contributed by atoms with Gasteiger partial charge in [-0.05, 0) is 6.42 Å². The summed E-state index contributed by atoms with van der Waals surface area (Å²) in [5.41, 5.74) is 0. The highest BCUT2D eigenvalue weighted by Crippen LogP contribution is 2.18. The van der Waals surface area contributed by atoms with Crippen LogP contribution in [0.3, 0.4) is 0 Å². The quantitative estimate of drug-likeness (QED) is 0.759. The predicted molar refractivity (Wildman–Crippen MR) is 42.6 cm³/mol. The number of ketones is 1. The number of carbonyl (C=O) groups excluding carboxylic acids is 1. The highest BCUT2D eigenvalue weighted by Gasteiger charge is 2.30. The van der Waals surface area contributed by atoms with E-state index in [2.05, 4.69) is 10.1 Å². The van der Waals surface area contributed by atoms with Crippen molar-refractivity contribution in [2.24, 2.45) is 5.92 Å². The van der Waals surface area contributed by atoms with E-state index in [9.17, 15) is 18.0 Å². The zero-order chi connectivity index (χ0) is 10.6. The number of carbonyl (C=O) groups is 1. The minimum Gasteiger partial charge on any atom is -0.316 e. The van der Waals surface area contributed by atoms with Gasteiger partial charge in [0.1, 0.15) is 5.78 Å². The van der Waals surface area contributed by atoms with Crippen LogP contribution in [0.1, 0.15) is 12.8 Å². The fourth-order valence-corrected chi connectivity index (χ4v) is 1.39. The van der Waals surface area contributed by atoms with E-state index in [1.165, 1.54) is 0 Å². The Morgan fingerprint density at radius 1 is 1.50 bits per heavy atom. The fourth-order valence-electron chi connectivity index (χ4n) is 1.39. The van der Waals surface area contributed by atoms with Crippen LogP contribution >= 0.6 is 0 Å². The number of halogens is 3. The molecule has 0 aromatic heterocycles. The van der Waals surface area contributed by atoms with Crippen molar-refractivity contribution in [3.05, 3.63) is 0 Å². The predicted octanol–water partition coefficient (Wildman–Crippen LogP) is 1.09. The number of nitrogens with one attached hydrogen (secondary N) is 1. The largest absolute Gasteiger partial charge is 0.522 e. The molecule has 6 heteroatoms. The van der Waals surface area contributed by atoms with Crippen LogP contribution in [-0.2, 0) is 9.53 Å². The summed E-state index contributed by atoms with van der Waals surface area (Å²) in [5, 5.41) is 2.96. The average molecular weight is 211 g/mol. The van der Waals surface area contributed by atoms with Gasteiger partial charge in [0.05, 0.1) is 6.61 Å². The van der Waals surface area contributed by atoms with E-state index in [1.807, 2.05) is 0 Å². The van der Waals surface area contributed by atoms with Crippen LogP contribution in [0.5, 0.6) is 0 Å². The second-order valence-electron chi connectivity index (χ2n) is 3.20. The van der Waals surface area contributed by atoms with Crippen LogP contribution in [-0.4, -0.2) is 31.8 Å². The molecule has 0 saturated carbocycles. The van der Waals surface area contributed by atoms with Gasteiger partial charge in [-0.3, -0.25) is 9.53 Å². The molecule has 82 valence electrons. The van der Waals surface area contributed by atoms with Crippen LogP contribution in [0.4, 0.5) is 13.2 Å². The van der Waals surface area contributed by atoms with E-state index >= 15 is 0 Å². The van der Waals surface area contributed by atoms with E-state index in [1.54, 1.807) is 0 Å². The average Bonchev–Trinajstić information content (AvgIpc) is 2.06. The first-order chi connectivity index (χ1) is 6.49. The molecule has 0 amide bonds. The summed E-state index contributed by atoms with van der Waals surface area (Å²) in [5.74, 6) is -0.305. The lowest BCUT2D eigenvalue weighted by Gasteiger charge is -2.21. The third kappa shape index (κ3) is 4.06. The number of Topliss-reactive ketones (excluding diaryl/α,β-unsaturated/α-hetero) is 1. The lowest BCUT2D eigenvalue weighted by molar-refractivity contribution is -0.325. The molecule has 1 heterocycles. The minimum atomic E-state index is -4.59. The first-order valence-electron chi connectivity index (χ1n) is 4.43. The Labute approximate surface area is 79.6 Å². The van der Waals surface area contributed by atoms with Gasteiger partial charge in [-0.2, -0.15) is 0 Å². The van der Waals surface area contributed by atoms with Crippen LogP contribution in [0.2, 0.25) is 0 Å². The summed E-state index contributed by atoms with van der Waals surface area (Å²) in [7, 11) is 0. The van der Waals surface area contributed by atoms with E-state index in [-0.39, 0.29) is 18.1 Å². The van der Waals surface area contributed by atoms with E-state index in [0.717, 1.165) is 0 Å². The monoisotopic (exact) mass is 211 g/mol. The second-order valence-corrected chi connectivity index (χ2v) is 3.20. The number of ether oxygens (including phenoxy) is 1. The molecule has 14 heavy (non-hydrogen) atoms. The third-order valence-electron chi connectivity index (χ3n) is 2.13. The molecule has 3 nitrogen and oxygen atoms in total. The molecule has 1 saturated heterocycles. The molecule has 0 spiro atoms. The molecule has 1 N–H and O–H groups in total. The molecule has 1 atom stereocenters. The van der Waals surface area contributed by atoms with Crippen molar-refractivity contribution in [1.82, 2.24) is 5.32 Å². The number of piperidine rings is 1. The molecular weight excluding hydrogens is 199 g/mol. The second kappa shape index (κ2) is 4.75. The van der Waals surface area contributed by atoms with E-state index < -0.39 is 13.0 Å². The Morgan fingerprint density at radius 3 is 2.79 bits per heavy atom. The van der Waals surface area contributed by atoms with Gasteiger partial charge < -0.3 is 5.32 Å². The van der Waals surface area contributed by atoms with Crippen LogP contribution in [0.25, 0.3) is 0 Å². The SMILES string of the molecule is O=C1CCNCC1CCOC(F)(F)F. The summed E-state index contributed by atoms with van der Waals surface area (Å²) < 4.78 is 38.4. The molecule has 1 aliphatic rings. The van der Waals surface area contributed by atoms with Crippen molar-refractivity contribution in [2.75, 3.05) is 19.7 Å². The van der Waals surface area contributed by atoms with Crippen molar-refractivity contribution >= 4 is 5.78 Å². The van der Waals surface area contributed by atoms with Crippen LogP contribution in [0, 0.1) is 5.92 Å². The van der Waals surface area contributed by atoms with Gasteiger partial charge in [0, 0.05) is 25.4 Å². The molecule has 0 bridgehead atoms. The smallest absolute Gasteiger partial charge is 0.316 e. The van der Waals surface area contributed by atoms with Crippen molar-refractivity contribution in [1.29, 1.82) is 0 Å². The summed E-state index contributed by atoms with van der Waals surface area (Å²) in [6, 6.07) is 0. The summed E-state index contributed by atoms with van der Waals surface area (Å²) in [4.78, 5) is 11.2. The van der Waals surface area contributed by atoms with E-state index in [4.69, 9.17) is 0 Å². The third-order valence-corrected chi connectivity index (χ3v) is 2.13. The van der Waals surface area contributed by atoms with Gasteiger partial charge in [0.25, 0.3) is 0 Å². The van der Waals surface area contributed by atoms with Crippen molar-refractivity contribution in [3.8, 4) is 0 Å². The first-order valence-corrected chi connectivity index (χ1v) is 4.43. The van der Waals surface area contributed by atoms with E-state index in [0.29, 0.717) is 19.5 Å². The van der Waals surface area contributed by atoms with Gasteiger partial charge in [-0.25, -0.2) is 0 Å². The Balaban J connectivity index is 2.20. The zero-order valence-corrected chi connectivity index (χ0v) is 7.56. The molecule has 0 radical (unpaired) electrons. The lowest BCUT2D eigenvalue weighted by atomic mass is 9.95. The highest BCUT2D eigenvalue weighted by molar-refractivity contribution is 5.82. The fraction of sp³-hybridized carbons (Fsp3) is 0.875. The Kier molecular flexibility index (Phi) is 3.88. The number of hydrogen-bond acceptors (Lipinski definition) is 3. The van der Waals surface area contributed by atoms with Gasteiger partial charge in [-0.15, -0.1) is 13.2 Å². The van der Waals surface area contributed by atoms with Gasteiger partial charge in [0.2, 0.25) is 0 Å². The molecule has 1 fully saturated rings. The summed E-state index contributed by atoms with van der Waals surface area (Å²) in [6.45, 7) is 0.636. The molecule has 1 unspecified atom stereocenters. The first kappa shape index (κ1) is 11.5. The Hall–Kier alpha value is -0.620. The molecule has 1 rings (SSSR count). The maximum atomic E-state index is 11.6. The topological polar surface area (TPSA) is 38.3 Å². The molecule has 0 aromatic carbocycles. The zero-order valence-electron chi connectivity index (χ0n) is 7.56. The van der Waals surface area contributed by atoms with Crippen molar-refractivity contribution < 1.29 is 22.7 Å². The maximum absolute atomic E-state index is 11.6. The molecule has 1 aliphatic heterocycles. The van der Waals surface area contributed by atoms with Gasteiger partial charge >= 0.3 is 6.36 Å². The van der Waals surface area contributed by atoms with Crippen molar-refractivity contribution in [3.63, 3.8) is 0 Å². The normalized spacial score (nSPS) is 23.9. The van der Waals surface area contributed by atoms with Crippen molar-refractivity contribution in [2.45, 2.75) is 19.2 Å². The summed E-state index contributed by atoms with van der Waals surface area (Å²) in [6.07, 6.45) is -4.06. The van der Waals surface area contributed by atoms with Gasteiger partial charge in [-0.1, -0.05) is 0 Å². The molecular formula is C8H12F3NO2.